The van der Waals surface area contributed by atoms with Crippen LogP contribution in [0.5, 0.6) is 5.75 Å². The van der Waals surface area contributed by atoms with Crippen LogP contribution in [-0.4, -0.2) is 26.1 Å². The minimum Gasteiger partial charge on any atom is -0.480 e. The van der Waals surface area contributed by atoms with Crippen LogP contribution < -0.4 is 9.88 Å². The van der Waals surface area contributed by atoms with E-state index in [2.05, 4.69) is 15.9 Å². The van der Waals surface area contributed by atoms with E-state index in [4.69, 9.17) is 15.0 Å². The number of carboxylic acids is 1. The molecule has 0 aliphatic heterocycles. The molecule has 0 aliphatic carbocycles. The van der Waals surface area contributed by atoms with Crippen LogP contribution >= 0.6 is 15.9 Å². The number of primary sulfonamides is 1. The van der Waals surface area contributed by atoms with Crippen molar-refractivity contribution in [1.29, 1.82) is 0 Å². The van der Waals surface area contributed by atoms with Gasteiger partial charge < -0.3 is 9.84 Å². The highest BCUT2D eigenvalue weighted by molar-refractivity contribution is 9.10. The molecular formula is C9H10BrNO5S. The number of nitrogens with two attached hydrogens (primary N) is 1. The van der Waals surface area contributed by atoms with E-state index in [-0.39, 0.29) is 10.6 Å². The molecule has 0 bridgehead atoms. The molecule has 1 aromatic carbocycles. The third kappa shape index (κ3) is 3.69. The fourth-order valence-electron chi connectivity index (χ4n) is 1.23. The molecule has 0 heterocycles. The zero-order valence-electron chi connectivity index (χ0n) is 8.81. The molecule has 0 saturated carbocycles. The van der Waals surface area contributed by atoms with Gasteiger partial charge in [0, 0.05) is 4.47 Å². The second-order valence-corrected chi connectivity index (χ2v) is 5.72. The van der Waals surface area contributed by atoms with E-state index < -0.39 is 22.6 Å². The van der Waals surface area contributed by atoms with Crippen molar-refractivity contribution in [2.45, 2.75) is 11.8 Å². The number of ether oxygens (including phenoxy) is 1. The largest absolute Gasteiger partial charge is 0.480 e. The van der Waals surface area contributed by atoms with E-state index in [1.165, 1.54) is 6.07 Å². The van der Waals surface area contributed by atoms with Gasteiger partial charge in [-0.05, 0) is 24.6 Å². The standard InChI is InChI=1S/C9H10BrNO5S/c1-5-2-6(10)3-7(17(11,14)15)9(5)16-4-8(12)13/h2-3H,4H2,1H3,(H,12,13)(H2,11,14,15). The van der Waals surface area contributed by atoms with Crippen molar-refractivity contribution in [2.75, 3.05) is 6.61 Å². The zero-order chi connectivity index (χ0) is 13.2. The van der Waals surface area contributed by atoms with Gasteiger partial charge in [0.2, 0.25) is 10.0 Å². The molecule has 94 valence electrons. The molecule has 0 fully saturated rings. The monoisotopic (exact) mass is 323 g/mol. The lowest BCUT2D eigenvalue weighted by Gasteiger charge is -2.12. The molecule has 0 aliphatic rings. The molecule has 1 rings (SSSR count). The first kappa shape index (κ1) is 13.9. The molecule has 0 spiro atoms. The Morgan fingerprint density at radius 1 is 1.53 bits per heavy atom. The van der Waals surface area contributed by atoms with Crippen LogP contribution in [0.3, 0.4) is 0 Å². The molecule has 0 aromatic heterocycles. The van der Waals surface area contributed by atoms with Crippen LogP contribution in [0, 0.1) is 6.92 Å². The van der Waals surface area contributed by atoms with Gasteiger partial charge in [-0.1, -0.05) is 15.9 Å². The maximum Gasteiger partial charge on any atom is 0.341 e. The van der Waals surface area contributed by atoms with Crippen LogP contribution in [0.1, 0.15) is 5.56 Å². The fraction of sp³-hybridized carbons (Fsp3) is 0.222. The van der Waals surface area contributed by atoms with E-state index in [1.807, 2.05) is 0 Å². The predicted octanol–water partition coefficient (Wildman–Crippen LogP) is 0.868. The molecule has 17 heavy (non-hydrogen) atoms. The van der Waals surface area contributed by atoms with E-state index in [1.54, 1.807) is 13.0 Å². The van der Waals surface area contributed by atoms with Gasteiger partial charge in [0.05, 0.1) is 0 Å². The third-order valence-electron chi connectivity index (χ3n) is 1.85. The van der Waals surface area contributed by atoms with E-state index >= 15 is 0 Å². The van der Waals surface area contributed by atoms with E-state index in [9.17, 15) is 13.2 Å². The van der Waals surface area contributed by atoms with Gasteiger partial charge in [-0.2, -0.15) is 0 Å². The first-order chi connectivity index (χ1) is 7.71. The summed E-state index contributed by atoms with van der Waals surface area (Å²) in [6.45, 7) is 0.960. The number of aryl methyl sites for hydroxylation is 1. The zero-order valence-corrected chi connectivity index (χ0v) is 11.2. The van der Waals surface area contributed by atoms with Gasteiger partial charge in [0.15, 0.2) is 6.61 Å². The highest BCUT2D eigenvalue weighted by Gasteiger charge is 2.19. The topological polar surface area (TPSA) is 107 Å². The van der Waals surface area contributed by atoms with E-state index in [0.29, 0.717) is 10.0 Å². The summed E-state index contributed by atoms with van der Waals surface area (Å²) in [6.07, 6.45) is 0. The lowest BCUT2D eigenvalue weighted by molar-refractivity contribution is -0.139. The summed E-state index contributed by atoms with van der Waals surface area (Å²) >= 11 is 3.13. The van der Waals surface area contributed by atoms with Crippen molar-refractivity contribution >= 4 is 31.9 Å². The third-order valence-corrected chi connectivity index (χ3v) is 3.23. The lowest BCUT2D eigenvalue weighted by Crippen LogP contribution is -2.17. The maximum atomic E-state index is 11.3. The molecule has 0 unspecified atom stereocenters. The average molecular weight is 324 g/mol. The molecule has 3 N–H and O–H groups in total. The molecule has 0 radical (unpaired) electrons. The Hall–Kier alpha value is -1.12. The Balaban J connectivity index is 3.31. The van der Waals surface area contributed by atoms with Crippen LogP contribution in [0.25, 0.3) is 0 Å². The van der Waals surface area contributed by atoms with Gasteiger partial charge in [0.25, 0.3) is 0 Å². The van der Waals surface area contributed by atoms with Crippen molar-refractivity contribution in [1.82, 2.24) is 0 Å². The van der Waals surface area contributed by atoms with Crippen LogP contribution in [0.15, 0.2) is 21.5 Å². The number of sulfonamides is 1. The van der Waals surface area contributed by atoms with Gasteiger partial charge in [-0.3, -0.25) is 0 Å². The molecule has 8 heteroatoms. The SMILES string of the molecule is Cc1cc(Br)cc(S(N)(=O)=O)c1OCC(=O)O. The molecule has 6 nitrogen and oxygen atoms in total. The number of aliphatic carboxylic acids is 1. The number of rotatable bonds is 4. The summed E-state index contributed by atoms with van der Waals surface area (Å²) in [5.41, 5.74) is 0.477. The van der Waals surface area contributed by atoms with Crippen LogP contribution in [0.2, 0.25) is 0 Å². The van der Waals surface area contributed by atoms with Crippen molar-refractivity contribution in [2.24, 2.45) is 5.14 Å². The highest BCUT2D eigenvalue weighted by Crippen LogP contribution is 2.30. The fourth-order valence-corrected chi connectivity index (χ4v) is 2.72. The minimum atomic E-state index is -3.97. The summed E-state index contributed by atoms with van der Waals surface area (Å²) in [5, 5.41) is 13.5. The molecule has 0 amide bonds. The highest BCUT2D eigenvalue weighted by atomic mass is 79.9. The lowest BCUT2D eigenvalue weighted by atomic mass is 10.2. The smallest absolute Gasteiger partial charge is 0.341 e. The van der Waals surface area contributed by atoms with Gasteiger partial charge in [0.1, 0.15) is 10.6 Å². The first-order valence-electron chi connectivity index (χ1n) is 4.39. The maximum absolute atomic E-state index is 11.3. The molecule has 0 atom stereocenters. The summed E-state index contributed by atoms with van der Waals surface area (Å²) in [6, 6.07) is 2.87. The van der Waals surface area contributed by atoms with Crippen molar-refractivity contribution < 1.29 is 23.1 Å². The van der Waals surface area contributed by atoms with Crippen molar-refractivity contribution in [3.05, 3.63) is 22.2 Å². The Bertz CT molecular complexity index is 555. The van der Waals surface area contributed by atoms with Gasteiger partial charge in [-0.15, -0.1) is 0 Å². The number of halogens is 1. The first-order valence-corrected chi connectivity index (χ1v) is 6.73. The van der Waals surface area contributed by atoms with Crippen LogP contribution in [-0.2, 0) is 14.8 Å². The Labute approximate surface area is 107 Å². The second kappa shape index (κ2) is 5.03. The predicted molar refractivity (Wildman–Crippen MR) is 63.4 cm³/mol. The molecule has 1 aromatic rings. The summed E-state index contributed by atoms with van der Waals surface area (Å²) in [5.74, 6) is -1.24. The van der Waals surface area contributed by atoms with Crippen LogP contribution in [0.4, 0.5) is 0 Å². The van der Waals surface area contributed by atoms with Crippen molar-refractivity contribution in [3.63, 3.8) is 0 Å². The summed E-state index contributed by atoms with van der Waals surface area (Å²) < 4.78 is 28.1. The number of benzene rings is 1. The summed E-state index contributed by atoms with van der Waals surface area (Å²) in [4.78, 5) is 10.2. The number of carboxylic acid groups (broad SMARTS) is 1. The molecule has 0 saturated heterocycles. The quantitative estimate of drug-likeness (QED) is 0.854. The van der Waals surface area contributed by atoms with Crippen molar-refractivity contribution in [3.8, 4) is 5.75 Å². The summed E-state index contributed by atoms with van der Waals surface area (Å²) in [7, 11) is -3.97. The Kier molecular flexibility index (Phi) is 4.12. The van der Waals surface area contributed by atoms with Gasteiger partial charge in [-0.25, -0.2) is 18.4 Å². The second-order valence-electron chi connectivity index (χ2n) is 3.28. The minimum absolute atomic E-state index is 0.0434. The number of hydrogen-bond acceptors (Lipinski definition) is 4. The normalized spacial score (nSPS) is 11.2. The number of hydrogen-bond donors (Lipinski definition) is 2. The Morgan fingerprint density at radius 2 is 2.12 bits per heavy atom. The van der Waals surface area contributed by atoms with E-state index in [0.717, 1.165) is 0 Å². The molecular weight excluding hydrogens is 314 g/mol. The van der Waals surface area contributed by atoms with Gasteiger partial charge >= 0.3 is 5.97 Å². The average Bonchev–Trinajstić information content (AvgIpc) is 2.13. The Morgan fingerprint density at radius 3 is 2.59 bits per heavy atom. The number of carbonyl (C=O) groups is 1.